The Labute approximate surface area is 272 Å². The maximum absolute atomic E-state index is 13.2. The monoisotopic (exact) mass is 667 g/mol. The molecular formula is C31H37N7O8S. The summed E-state index contributed by atoms with van der Waals surface area (Å²) in [6, 6.07) is 10.6. The molecule has 0 bridgehead atoms. The highest BCUT2D eigenvalue weighted by Crippen LogP contribution is 2.38. The van der Waals surface area contributed by atoms with E-state index in [4.69, 9.17) is 9.57 Å². The Morgan fingerprint density at radius 1 is 1.11 bits per heavy atom. The lowest BCUT2D eigenvalue weighted by atomic mass is 9.94. The number of likely N-dealkylation sites (tertiary alicyclic amines) is 1. The summed E-state index contributed by atoms with van der Waals surface area (Å²) >= 11 is 0. The Hall–Kier alpha value is -4.67. The number of rotatable bonds is 12. The van der Waals surface area contributed by atoms with E-state index in [9.17, 15) is 27.9 Å². The van der Waals surface area contributed by atoms with Crippen molar-refractivity contribution in [2.75, 3.05) is 19.6 Å². The minimum Gasteiger partial charge on any atom is -0.480 e. The van der Waals surface area contributed by atoms with Gasteiger partial charge in [-0.25, -0.2) is 13.2 Å². The van der Waals surface area contributed by atoms with Crippen LogP contribution in [0, 0.1) is 20.8 Å². The van der Waals surface area contributed by atoms with Crippen LogP contribution in [-0.4, -0.2) is 98.1 Å². The molecule has 3 heterocycles. The van der Waals surface area contributed by atoms with Crippen LogP contribution < -0.4 is 15.4 Å². The van der Waals surface area contributed by atoms with E-state index in [-0.39, 0.29) is 30.2 Å². The fraction of sp³-hybridized carbons (Fsp3) is 0.419. The highest BCUT2D eigenvalue weighted by molar-refractivity contribution is 7.89. The van der Waals surface area contributed by atoms with Crippen molar-refractivity contribution in [1.29, 1.82) is 0 Å². The second-order valence-corrected chi connectivity index (χ2v) is 13.5. The Bertz CT molecular complexity index is 1700. The standard InChI is InChI=1S/C31H37N7O8S/c1-19-11-20(2)26(21(3)12-19)47(43,44)37-25(28(40)41)16-34-27(39)24-14-31(46-36-24)13-23(15-35-29-32-9-10-33-29)38(18-31)30(42)45-17-22-7-5-4-6-8-22/h4-12,23,25,29,35,37H,13-18H2,1-3H3,(H,34,39)(H,40,41)/t23-,25-,31+/m0/s1. The molecule has 3 aliphatic rings. The first-order valence-electron chi connectivity index (χ1n) is 15.0. The fourth-order valence-electron chi connectivity index (χ4n) is 6.02. The number of aliphatic imine (C=N–C) groups is 2. The van der Waals surface area contributed by atoms with Gasteiger partial charge in [-0.2, -0.15) is 4.72 Å². The lowest BCUT2D eigenvalue weighted by Gasteiger charge is -2.24. The van der Waals surface area contributed by atoms with Crippen molar-refractivity contribution in [2.24, 2.45) is 15.1 Å². The van der Waals surface area contributed by atoms with Crippen LogP contribution in [0.25, 0.3) is 0 Å². The van der Waals surface area contributed by atoms with Gasteiger partial charge in [0, 0.05) is 38.4 Å². The van der Waals surface area contributed by atoms with Crippen LogP contribution in [0.3, 0.4) is 0 Å². The van der Waals surface area contributed by atoms with Gasteiger partial charge in [-0.1, -0.05) is 53.2 Å². The molecule has 0 aliphatic carbocycles. The van der Waals surface area contributed by atoms with Gasteiger partial charge in [-0.3, -0.25) is 29.8 Å². The van der Waals surface area contributed by atoms with Crippen molar-refractivity contribution in [3.05, 3.63) is 64.7 Å². The molecular weight excluding hydrogens is 630 g/mol. The first-order chi connectivity index (χ1) is 22.4. The van der Waals surface area contributed by atoms with E-state index in [2.05, 4.69) is 30.5 Å². The SMILES string of the molecule is Cc1cc(C)c(S(=O)(=O)N[C@@H](CNC(=O)C2=NO[C@@]3(C2)C[C@@H](CNC2N=CC=N2)N(C(=O)OCc2ccccc2)C3)C(=O)O)c(C)c1. The molecule has 0 radical (unpaired) electrons. The quantitative estimate of drug-likeness (QED) is 0.258. The highest BCUT2D eigenvalue weighted by atomic mass is 32.2. The van der Waals surface area contributed by atoms with Crippen LogP contribution in [0.2, 0.25) is 0 Å². The Kier molecular flexibility index (Phi) is 10.0. The number of carbonyl (C=O) groups excluding carboxylic acids is 2. The molecule has 16 heteroatoms. The normalized spacial score (nSPS) is 21.1. The Morgan fingerprint density at radius 3 is 2.45 bits per heavy atom. The number of ether oxygens (including phenoxy) is 1. The Balaban J connectivity index is 1.21. The first-order valence-corrected chi connectivity index (χ1v) is 16.5. The molecule has 0 unspecified atom stereocenters. The predicted molar refractivity (Wildman–Crippen MR) is 172 cm³/mol. The summed E-state index contributed by atoms with van der Waals surface area (Å²) in [5.74, 6) is -2.19. The maximum atomic E-state index is 13.2. The number of aliphatic carboxylic acids is 1. The number of hydrogen-bond acceptors (Lipinski definition) is 11. The number of aryl methyl sites for hydroxylation is 3. The molecule has 2 amide bonds. The molecule has 2 aromatic carbocycles. The molecule has 3 atom stereocenters. The van der Waals surface area contributed by atoms with E-state index in [1.807, 2.05) is 37.3 Å². The van der Waals surface area contributed by atoms with Crippen LogP contribution in [-0.2, 0) is 35.8 Å². The summed E-state index contributed by atoms with van der Waals surface area (Å²) in [6.45, 7) is 5.01. The number of nitrogens with zero attached hydrogens (tertiary/aromatic N) is 4. The van der Waals surface area contributed by atoms with Gasteiger partial charge in [-0.15, -0.1) is 0 Å². The van der Waals surface area contributed by atoms with E-state index < -0.39 is 58.5 Å². The largest absolute Gasteiger partial charge is 0.480 e. The highest BCUT2D eigenvalue weighted by Gasteiger charge is 2.53. The number of amides is 2. The lowest BCUT2D eigenvalue weighted by Crippen LogP contribution is -2.49. The van der Waals surface area contributed by atoms with Gasteiger partial charge in [0.2, 0.25) is 10.0 Å². The number of benzene rings is 2. The van der Waals surface area contributed by atoms with E-state index >= 15 is 0 Å². The van der Waals surface area contributed by atoms with E-state index in [1.165, 1.54) is 4.90 Å². The number of nitrogens with one attached hydrogen (secondary N) is 3. The van der Waals surface area contributed by atoms with Crippen molar-refractivity contribution in [3.63, 3.8) is 0 Å². The first kappa shape index (κ1) is 33.7. The zero-order valence-electron chi connectivity index (χ0n) is 26.2. The van der Waals surface area contributed by atoms with Crippen molar-refractivity contribution in [2.45, 2.75) is 69.1 Å². The molecule has 1 saturated heterocycles. The van der Waals surface area contributed by atoms with Gasteiger partial charge in [0.05, 0.1) is 17.5 Å². The van der Waals surface area contributed by atoms with Gasteiger partial charge in [0.1, 0.15) is 18.4 Å². The summed E-state index contributed by atoms with van der Waals surface area (Å²) in [5, 5.41) is 19.4. The van der Waals surface area contributed by atoms with E-state index in [1.54, 1.807) is 38.4 Å². The third-order valence-electron chi connectivity index (χ3n) is 8.04. The third kappa shape index (κ3) is 8.01. The molecule has 1 fully saturated rings. The second kappa shape index (κ2) is 14.0. The average molecular weight is 668 g/mol. The summed E-state index contributed by atoms with van der Waals surface area (Å²) < 4.78 is 34.1. The van der Waals surface area contributed by atoms with E-state index in [0.29, 0.717) is 24.1 Å². The van der Waals surface area contributed by atoms with Gasteiger partial charge in [0.15, 0.2) is 11.9 Å². The summed E-state index contributed by atoms with van der Waals surface area (Å²) in [4.78, 5) is 54.0. The van der Waals surface area contributed by atoms with E-state index in [0.717, 1.165) is 11.1 Å². The molecule has 0 aromatic heterocycles. The van der Waals surface area contributed by atoms with Gasteiger partial charge in [-0.05, 0) is 37.5 Å². The summed E-state index contributed by atoms with van der Waals surface area (Å²) in [6.07, 6.45) is 2.45. The average Bonchev–Trinajstić information content (AvgIpc) is 3.77. The van der Waals surface area contributed by atoms with Crippen molar-refractivity contribution in [1.82, 2.24) is 20.3 Å². The van der Waals surface area contributed by atoms with Gasteiger partial charge >= 0.3 is 12.1 Å². The van der Waals surface area contributed by atoms with Crippen molar-refractivity contribution >= 4 is 46.1 Å². The molecule has 250 valence electrons. The zero-order valence-corrected chi connectivity index (χ0v) is 27.0. The molecule has 4 N–H and O–H groups in total. The molecule has 0 saturated carbocycles. The molecule has 3 aliphatic heterocycles. The topological polar surface area (TPSA) is 200 Å². The summed E-state index contributed by atoms with van der Waals surface area (Å²) in [5.41, 5.74) is 1.59. The molecule has 2 aromatic rings. The van der Waals surface area contributed by atoms with Gasteiger partial charge < -0.3 is 20.0 Å². The summed E-state index contributed by atoms with van der Waals surface area (Å²) in [7, 11) is -4.23. The van der Waals surface area contributed by atoms with Crippen molar-refractivity contribution < 1.29 is 37.5 Å². The second-order valence-electron chi connectivity index (χ2n) is 11.8. The molecule has 47 heavy (non-hydrogen) atoms. The smallest absolute Gasteiger partial charge is 0.410 e. The number of sulfonamides is 1. The Morgan fingerprint density at radius 2 is 1.79 bits per heavy atom. The number of hydrogen-bond donors (Lipinski definition) is 4. The van der Waals surface area contributed by atoms with Crippen LogP contribution in [0.15, 0.2) is 62.5 Å². The van der Waals surface area contributed by atoms with Crippen LogP contribution in [0.5, 0.6) is 0 Å². The lowest BCUT2D eigenvalue weighted by molar-refractivity contribution is -0.138. The third-order valence-corrected chi connectivity index (χ3v) is 9.82. The number of carboxylic acid groups (broad SMARTS) is 1. The van der Waals surface area contributed by atoms with Crippen LogP contribution >= 0.6 is 0 Å². The predicted octanol–water partition coefficient (Wildman–Crippen LogP) is 1.41. The van der Waals surface area contributed by atoms with Gasteiger partial charge in [0.25, 0.3) is 5.91 Å². The number of carboxylic acids is 1. The molecule has 5 rings (SSSR count). The van der Waals surface area contributed by atoms with Crippen LogP contribution in [0.1, 0.15) is 35.1 Å². The zero-order chi connectivity index (χ0) is 33.8. The van der Waals surface area contributed by atoms with Crippen molar-refractivity contribution in [3.8, 4) is 0 Å². The molecule has 15 nitrogen and oxygen atoms in total. The fourth-order valence-corrected chi connectivity index (χ4v) is 7.66. The minimum atomic E-state index is -4.23. The molecule has 1 spiro atoms. The number of oxime groups is 1. The number of carbonyl (C=O) groups is 3. The maximum Gasteiger partial charge on any atom is 0.410 e. The minimum absolute atomic E-state index is 0.0140. The van der Waals surface area contributed by atoms with Crippen LogP contribution in [0.4, 0.5) is 4.79 Å².